The van der Waals surface area contributed by atoms with Gasteiger partial charge in [0, 0.05) is 10.7 Å². The molecule has 1 aromatic carbocycles. The molecule has 1 heterocycles. The molecule has 0 unspecified atom stereocenters. The van der Waals surface area contributed by atoms with Gasteiger partial charge in [-0.1, -0.05) is 11.6 Å². The Morgan fingerprint density at radius 2 is 2.05 bits per heavy atom. The van der Waals surface area contributed by atoms with Crippen molar-refractivity contribution in [2.24, 2.45) is 0 Å². The van der Waals surface area contributed by atoms with E-state index < -0.39 is 5.91 Å². The molecule has 1 aromatic heterocycles. The summed E-state index contributed by atoms with van der Waals surface area (Å²) in [6.07, 6.45) is 1.56. The highest BCUT2D eigenvalue weighted by Gasteiger charge is 2.09. The summed E-state index contributed by atoms with van der Waals surface area (Å²) in [6, 6.07) is 10.4. The molecule has 0 aliphatic carbocycles. The first-order valence-corrected chi connectivity index (χ1v) is 6.72. The van der Waals surface area contributed by atoms with Gasteiger partial charge in [0.25, 0.3) is 5.91 Å². The molecule has 94 valence electrons. The first kappa shape index (κ1) is 13.3. The first-order chi connectivity index (χ1) is 9.19. The number of hydrogen-bond donors (Lipinski definition) is 1. The van der Waals surface area contributed by atoms with E-state index in [2.05, 4.69) is 5.32 Å². The van der Waals surface area contributed by atoms with Gasteiger partial charge in [0.15, 0.2) is 0 Å². The zero-order valence-corrected chi connectivity index (χ0v) is 11.3. The Morgan fingerprint density at radius 3 is 2.63 bits per heavy atom. The Labute approximate surface area is 119 Å². The minimum absolute atomic E-state index is 0.0633. The van der Waals surface area contributed by atoms with Crippen molar-refractivity contribution in [1.29, 1.82) is 5.26 Å². The number of carbonyl (C=O) groups excluding carboxylic acids is 1. The van der Waals surface area contributed by atoms with Crippen LogP contribution >= 0.6 is 22.9 Å². The van der Waals surface area contributed by atoms with E-state index in [0.717, 1.165) is 5.56 Å². The summed E-state index contributed by atoms with van der Waals surface area (Å²) in [5, 5.41) is 16.0. The van der Waals surface area contributed by atoms with Crippen molar-refractivity contribution in [2.45, 2.75) is 0 Å². The fourth-order valence-corrected chi connectivity index (χ4v) is 2.15. The van der Waals surface area contributed by atoms with Crippen LogP contribution in [0.3, 0.4) is 0 Å². The molecule has 19 heavy (non-hydrogen) atoms. The zero-order chi connectivity index (χ0) is 13.7. The summed E-state index contributed by atoms with van der Waals surface area (Å²) in [5.41, 5.74) is 1.50. The second kappa shape index (κ2) is 6.19. The van der Waals surface area contributed by atoms with Crippen molar-refractivity contribution in [3.05, 3.63) is 57.3 Å². The number of halogens is 1. The second-order valence-corrected chi connectivity index (χ2v) is 4.90. The Balaban J connectivity index is 2.14. The lowest BCUT2D eigenvalue weighted by atomic mass is 10.2. The molecule has 5 heteroatoms. The van der Waals surface area contributed by atoms with Gasteiger partial charge in [-0.3, -0.25) is 4.79 Å². The molecule has 0 spiro atoms. The maximum atomic E-state index is 11.9. The van der Waals surface area contributed by atoms with Crippen LogP contribution in [0.4, 0.5) is 5.69 Å². The fraction of sp³-hybridized carbons (Fsp3) is 0. The highest BCUT2D eigenvalue weighted by Crippen LogP contribution is 2.15. The zero-order valence-electron chi connectivity index (χ0n) is 9.76. The number of nitrogens with one attached hydrogen (secondary N) is 1. The number of rotatable bonds is 3. The van der Waals surface area contributed by atoms with Gasteiger partial charge in [-0.2, -0.15) is 16.6 Å². The van der Waals surface area contributed by atoms with Crippen LogP contribution in [0.15, 0.2) is 46.7 Å². The second-order valence-electron chi connectivity index (χ2n) is 3.69. The number of amides is 1. The summed E-state index contributed by atoms with van der Waals surface area (Å²) in [4.78, 5) is 11.9. The van der Waals surface area contributed by atoms with E-state index in [0.29, 0.717) is 10.7 Å². The maximum Gasteiger partial charge on any atom is 0.266 e. The summed E-state index contributed by atoms with van der Waals surface area (Å²) >= 11 is 7.27. The number of thiophene rings is 1. The van der Waals surface area contributed by atoms with E-state index in [-0.39, 0.29) is 5.57 Å². The molecule has 2 aromatic rings. The Bertz CT molecular complexity index is 639. The van der Waals surface area contributed by atoms with E-state index in [1.54, 1.807) is 30.3 Å². The van der Waals surface area contributed by atoms with Gasteiger partial charge >= 0.3 is 0 Å². The van der Waals surface area contributed by atoms with Crippen molar-refractivity contribution >= 4 is 40.6 Å². The highest BCUT2D eigenvalue weighted by atomic mass is 35.5. The van der Waals surface area contributed by atoms with Crippen molar-refractivity contribution in [1.82, 2.24) is 0 Å². The van der Waals surface area contributed by atoms with E-state index >= 15 is 0 Å². The molecule has 0 atom stereocenters. The summed E-state index contributed by atoms with van der Waals surface area (Å²) in [6.45, 7) is 0. The Morgan fingerprint density at radius 1 is 1.32 bits per heavy atom. The average molecular weight is 289 g/mol. The van der Waals surface area contributed by atoms with Crippen LogP contribution in [0, 0.1) is 11.3 Å². The standard InChI is InChI=1S/C14H9ClN2OS/c15-12-1-3-13(4-2-12)17-14(18)11(8-16)7-10-5-6-19-9-10/h1-7,9H,(H,17,18). The average Bonchev–Trinajstić information content (AvgIpc) is 2.91. The van der Waals surface area contributed by atoms with E-state index in [4.69, 9.17) is 16.9 Å². The van der Waals surface area contributed by atoms with Crippen LogP contribution in [-0.4, -0.2) is 5.91 Å². The maximum absolute atomic E-state index is 11.9. The molecule has 0 saturated carbocycles. The number of nitriles is 1. The van der Waals surface area contributed by atoms with E-state index in [1.165, 1.54) is 11.3 Å². The summed E-state index contributed by atoms with van der Waals surface area (Å²) < 4.78 is 0. The van der Waals surface area contributed by atoms with E-state index in [9.17, 15) is 4.79 Å². The molecule has 3 nitrogen and oxygen atoms in total. The van der Waals surface area contributed by atoms with Crippen LogP contribution in [0.1, 0.15) is 5.56 Å². The minimum Gasteiger partial charge on any atom is -0.321 e. The van der Waals surface area contributed by atoms with Crippen molar-refractivity contribution in [3.8, 4) is 6.07 Å². The lowest BCUT2D eigenvalue weighted by Crippen LogP contribution is -2.13. The number of carbonyl (C=O) groups is 1. The van der Waals surface area contributed by atoms with Crippen molar-refractivity contribution in [2.75, 3.05) is 5.32 Å². The number of benzene rings is 1. The lowest BCUT2D eigenvalue weighted by Gasteiger charge is -2.03. The largest absolute Gasteiger partial charge is 0.321 e. The van der Waals surface area contributed by atoms with Gasteiger partial charge in [-0.05, 0) is 52.7 Å². The number of anilines is 1. The van der Waals surface area contributed by atoms with Crippen LogP contribution in [-0.2, 0) is 4.79 Å². The number of nitrogens with zero attached hydrogens (tertiary/aromatic N) is 1. The summed E-state index contributed by atoms with van der Waals surface area (Å²) in [7, 11) is 0. The molecular formula is C14H9ClN2OS. The normalized spacial score (nSPS) is 10.8. The van der Waals surface area contributed by atoms with Gasteiger partial charge in [0.05, 0.1) is 0 Å². The first-order valence-electron chi connectivity index (χ1n) is 5.40. The lowest BCUT2D eigenvalue weighted by molar-refractivity contribution is -0.112. The molecule has 0 bridgehead atoms. The molecule has 0 aliphatic heterocycles. The fourth-order valence-electron chi connectivity index (χ4n) is 1.40. The summed E-state index contributed by atoms with van der Waals surface area (Å²) in [5.74, 6) is -0.434. The van der Waals surface area contributed by atoms with Gasteiger partial charge in [-0.15, -0.1) is 0 Å². The Kier molecular flexibility index (Phi) is 4.35. The third-order valence-electron chi connectivity index (χ3n) is 2.32. The van der Waals surface area contributed by atoms with Crippen molar-refractivity contribution in [3.63, 3.8) is 0 Å². The third kappa shape index (κ3) is 3.68. The van der Waals surface area contributed by atoms with E-state index in [1.807, 2.05) is 22.9 Å². The highest BCUT2D eigenvalue weighted by molar-refractivity contribution is 7.08. The van der Waals surface area contributed by atoms with Gasteiger partial charge in [-0.25, -0.2) is 0 Å². The van der Waals surface area contributed by atoms with Crippen LogP contribution < -0.4 is 5.32 Å². The smallest absolute Gasteiger partial charge is 0.266 e. The molecule has 0 radical (unpaired) electrons. The minimum atomic E-state index is -0.434. The third-order valence-corrected chi connectivity index (χ3v) is 3.27. The molecular weight excluding hydrogens is 280 g/mol. The topological polar surface area (TPSA) is 52.9 Å². The molecule has 1 amide bonds. The van der Waals surface area contributed by atoms with Crippen LogP contribution in [0.5, 0.6) is 0 Å². The predicted molar refractivity (Wildman–Crippen MR) is 78.0 cm³/mol. The molecule has 0 aliphatic rings. The van der Waals surface area contributed by atoms with Crippen molar-refractivity contribution < 1.29 is 4.79 Å². The Hall–Kier alpha value is -2.09. The molecule has 0 fully saturated rings. The molecule has 2 rings (SSSR count). The van der Waals surface area contributed by atoms with Gasteiger partial charge in [0.1, 0.15) is 11.6 Å². The monoisotopic (exact) mass is 288 g/mol. The number of hydrogen-bond acceptors (Lipinski definition) is 3. The van der Waals surface area contributed by atoms with Crippen LogP contribution in [0.25, 0.3) is 6.08 Å². The SMILES string of the molecule is N#CC(=Cc1ccsc1)C(=O)Nc1ccc(Cl)cc1. The van der Waals surface area contributed by atoms with Gasteiger partial charge in [0.2, 0.25) is 0 Å². The molecule has 1 N–H and O–H groups in total. The van der Waals surface area contributed by atoms with Crippen LogP contribution in [0.2, 0.25) is 5.02 Å². The quantitative estimate of drug-likeness (QED) is 0.687. The van der Waals surface area contributed by atoms with Gasteiger partial charge < -0.3 is 5.32 Å². The predicted octanol–water partition coefficient (Wildman–Crippen LogP) is 3.95. The molecule has 0 saturated heterocycles.